The molecule has 1 N–H and O–H groups in total. The molecule has 0 atom stereocenters. The summed E-state index contributed by atoms with van der Waals surface area (Å²) >= 11 is 0. The lowest BCUT2D eigenvalue weighted by Crippen LogP contribution is -2.34. The quantitative estimate of drug-likeness (QED) is 0.346. The number of benzene rings is 2. The summed E-state index contributed by atoms with van der Waals surface area (Å²) in [6.07, 6.45) is 6.90. The maximum Gasteiger partial charge on any atom is 0.161 e. The average molecular weight is 508 g/mol. The third kappa shape index (κ3) is 4.42. The highest BCUT2D eigenvalue weighted by atomic mass is 16.5. The molecule has 6 rings (SSSR count). The van der Waals surface area contributed by atoms with Crippen molar-refractivity contribution in [1.82, 2.24) is 19.9 Å². The van der Waals surface area contributed by atoms with Gasteiger partial charge in [-0.3, -0.25) is 0 Å². The second kappa shape index (κ2) is 9.97. The Bertz CT molecular complexity index is 1500. The van der Waals surface area contributed by atoms with E-state index in [1.54, 1.807) is 20.5 Å². The van der Waals surface area contributed by atoms with E-state index in [4.69, 9.17) is 19.4 Å². The molecule has 0 saturated carbocycles. The van der Waals surface area contributed by atoms with Crippen LogP contribution in [-0.4, -0.2) is 47.2 Å². The van der Waals surface area contributed by atoms with Gasteiger partial charge in [-0.25, -0.2) is 15.0 Å². The Labute approximate surface area is 223 Å². The standard InChI is InChI=1S/C31H33N5O2/c1-19-5-7-21(8-6-19)24-15-25-26(16-24)32-18-33-31(25)36-13-11-22(12-14-36)30-34-20(2)29(35-30)23-9-10-27(37-3)28(17-23)38-4/h5-10,15,17-18,22H,11-14,16H2,1-4H3,(H,34,35). The Hall–Kier alpha value is -4.13. The minimum absolute atomic E-state index is 0.382. The Balaban J connectivity index is 1.18. The molecule has 0 spiro atoms. The Morgan fingerprint density at radius 3 is 2.37 bits per heavy atom. The van der Waals surface area contributed by atoms with Crippen molar-refractivity contribution in [3.05, 3.63) is 82.7 Å². The van der Waals surface area contributed by atoms with Gasteiger partial charge in [-0.05, 0) is 62.1 Å². The number of nitrogens with zero attached hydrogens (tertiary/aromatic N) is 4. The lowest BCUT2D eigenvalue weighted by Gasteiger charge is -2.32. The molecule has 2 aliphatic rings. The zero-order valence-corrected chi connectivity index (χ0v) is 22.4. The van der Waals surface area contributed by atoms with E-state index in [1.807, 2.05) is 18.2 Å². The zero-order valence-electron chi connectivity index (χ0n) is 22.4. The van der Waals surface area contributed by atoms with Crippen LogP contribution < -0.4 is 14.4 Å². The van der Waals surface area contributed by atoms with Crippen LogP contribution in [0.5, 0.6) is 11.5 Å². The van der Waals surface area contributed by atoms with Gasteiger partial charge in [-0.1, -0.05) is 29.8 Å². The number of hydrogen-bond donors (Lipinski definition) is 1. The van der Waals surface area contributed by atoms with Gasteiger partial charge in [-0.15, -0.1) is 0 Å². The first-order valence-electron chi connectivity index (χ1n) is 13.2. The number of rotatable bonds is 6. The predicted octanol–water partition coefficient (Wildman–Crippen LogP) is 5.98. The van der Waals surface area contributed by atoms with Crippen molar-refractivity contribution in [3.63, 3.8) is 0 Å². The molecular weight excluding hydrogens is 474 g/mol. The Morgan fingerprint density at radius 1 is 0.895 bits per heavy atom. The van der Waals surface area contributed by atoms with Gasteiger partial charge in [0.1, 0.15) is 18.0 Å². The predicted molar refractivity (Wildman–Crippen MR) is 151 cm³/mol. The number of aromatic nitrogens is 4. The number of allylic oxidation sites excluding steroid dienone is 1. The van der Waals surface area contributed by atoms with E-state index in [2.05, 4.69) is 59.1 Å². The van der Waals surface area contributed by atoms with Gasteiger partial charge >= 0.3 is 0 Å². The van der Waals surface area contributed by atoms with Gasteiger partial charge in [0, 0.05) is 42.2 Å². The largest absolute Gasteiger partial charge is 0.493 e. The fourth-order valence-corrected chi connectivity index (χ4v) is 5.63. The number of imidazole rings is 1. The fourth-order valence-electron chi connectivity index (χ4n) is 5.63. The highest BCUT2D eigenvalue weighted by molar-refractivity contribution is 5.91. The van der Waals surface area contributed by atoms with Crippen LogP contribution in [0.2, 0.25) is 0 Å². The van der Waals surface area contributed by atoms with Gasteiger partial charge < -0.3 is 19.4 Å². The van der Waals surface area contributed by atoms with Crippen molar-refractivity contribution in [3.8, 4) is 22.8 Å². The van der Waals surface area contributed by atoms with Crippen molar-refractivity contribution in [2.24, 2.45) is 0 Å². The van der Waals surface area contributed by atoms with Crippen LogP contribution in [0.1, 0.15) is 52.7 Å². The van der Waals surface area contributed by atoms with Crippen molar-refractivity contribution in [2.45, 2.75) is 39.0 Å². The van der Waals surface area contributed by atoms with Crippen LogP contribution in [0.25, 0.3) is 22.9 Å². The number of aromatic amines is 1. The smallest absolute Gasteiger partial charge is 0.161 e. The summed E-state index contributed by atoms with van der Waals surface area (Å²) in [5.74, 6) is 3.92. The lowest BCUT2D eigenvalue weighted by atomic mass is 9.96. The number of anilines is 1. The maximum absolute atomic E-state index is 5.50. The van der Waals surface area contributed by atoms with Crippen LogP contribution in [-0.2, 0) is 6.42 Å². The molecule has 0 unspecified atom stereocenters. The van der Waals surface area contributed by atoms with E-state index in [9.17, 15) is 0 Å². The molecule has 194 valence electrons. The van der Waals surface area contributed by atoms with E-state index >= 15 is 0 Å². The Kier molecular flexibility index (Phi) is 6.35. The molecule has 7 heteroatoms. The molecule has 0 bridgehead atoms. The van der Waals surface area contributed by atoms with Crippen molar-refractivity contribution >= 4 is 17.5 Å². The number of hydrogen-bond acceptors (Lipinski definition) is 6. The minimum Gasteiger partial charge on any atom is -0.493 e. The number of nitrogens with one attached hydrogen (secondary N) is 1. The summed E-state index contributed by atoms with van der Waals surface area (Å²) in [6, 6.07) is 14.7. The van der Waals surface area contributed by atoms with Crippen LogP contribution in [0.15, 0.2) is 48.8 Å². The number of fused-ring (bicyclic) bond motifs is 1. The lowest BCUT2D eigenvalue weighted by molar-refractivity contribution is 0.355. The first kappa shape index (κ1) is 24.2. The van der Waals surface area contributed by atoms with Crippen LogP contribution in [0, 0.1) is 13.8 Å². The van der Waals surface area contributed by atoms with Crippen LogP contribution in [0.4, 0.5) is 5.82 Å². The molecule has 1 saturated heterocycles. The van der Waals surface area contributed by atoms with Crippen molar-refractivity contribution < 1.29 is 9.47 Å². The summed E-state index contributed by atoms with van der Waals surface area (Å²) < 4.78 is 10.9. The third-order valence-electron chi connectivity index (χ3n) is 7.79. The summed E-state index contributed by atoms with van der Waals surface area (Å²) in [5, 5.41) is 0. The van der Waals surface area contributed by atoms with Gasteiger partial charge in [-0.2, -0.15) is 0 Å². The van der Waals surface area contributed by atoms with E-state index in [0.29, 0.717) is 17.4 Å². The molecule has 2 aromatic heterocycles. The summed E-state index contributed by atoms with van der Waals surface area (Å²) in [4.78, 5) is 20.4. The van der Waals surface area contributed by atoms with E-state index in [0.717, 1.165) is 66.6 Å². The molecule has 4 aromatic rings. The van der Waals surface area contributed by atoms with E-state index in [1.165, 1.54) is 22.3 Å². The molecule has 7 nitrogen and oxygen atoms in total. The van der Waals surface area contributed by atoms with Gasteiger partial charge in [0.25, 0.3) is 0 Å². The molecule has 2 aromatic carbocycles. The molecule has 0 amide bonds. The second-order valence-corrected chi connectivity index (χ2v) is 10.2. The SMILES string of the molecule is COc1ccc(-c2nc(C3CCN(c4ncnc5c4C=C(c4ccc(C)cc4)C5)CC3)[nH]c2C)cc1OC. The molecular formula is C31H33N5O2. The first-order chi connectivity index (χ1) is 18.5. The molecule has 38 heavy (non-hydrogen) atoms. The molecule has 1 aliphatic carbocycles. The summed E-state index contributed by atoms with van der Waals surface area (Å²) in [6.45, 7) is 6.08. The highest BCUT2D eigenvalue weighted by Gasteiger charge is 2.28. The highest BCUT2D eigenvalue weighted by Crippen LogP contribution is 2.38. The maximum atomic E-state index is 5.50. The van der Waals surface area contributed by atoms with Gasteiger partial charge in [0.15, 0.2) is 11.5 Å². The third-order valence-corrected chi connectivity index (χ3v) is 7.79. The average Bonchev–Trinajstić information content (AvgIpc) is 3.57. The van der Waals surface area contributed by atoms with Crippen molar-refractivity contribution in [2.75, 3.05) is 32.2 Å². The molecule has 1 fully saturated rings. The molecule has 3 heterocycles. The monoisotopic (exact) mass is 507 g/mol. The normalized spacial score (nSPS) is 15.4. The summed E-state index contributed by atoms with van der Waals surface area (Å²) in [5.41, 5.74) is 9.19. The van der Waals surface area contributed by atoms with E-state index in [-0.39, 0.29) is 0 Å². The zero-order chi connectivity index (χ0) is 26.2. The number of aryl methyl sites for hydroxylation is 2. The Morgan fingerprint density at radius 2 is 1.63 bits per heavy atom. The molecule has 0 radical (unpaired) electrons. The van der Waals surface area contributed by atoms with Crippen molar-refractivity contribution in [1.29, 1.82) is 0 Å². The number of piperidine rings is 1. The van der Waals surface area contributed by atoms with Gasteiger partial charge in [0.2, 0.25) is 0 Å². The van der Waals surface area contributed by atoms with Gasteiger partial charge in [0.05, 0.1) is 25.6 Å². The fraction of sp³-hybridized carbons (Fsp3) is 0.323. The summed E-state index contributed by atoms with van der Waals surface area (Å²) in [7, 11) is 3.31. The van der Waals surface area contributed by atoms with Crippen LogP contribution >= 0.6 is 0 Å². The first-order valence-corrected chi connectivity index (χ1v) is 13.2. The van der Waals surface area contributed by atoms with E-state index < -0.39 is 0 Å². The molecule has 1 aliphatic heterocycles. The number of H-pyrrole nitrogens is 1. The topological polar surface area (TPSA) is 76.2 Å². The number of methoxy groups -OCH3 is 2. The minimum atomic E-state index is 0.382. The second-order valence-electron chi connectivity index (χ2n) is 10.2. The number of ether oxygens (including phenoxy) is 2. The van der Waals surface area contributed by atoms with Crippen LogP contribution in [0.3, 0.4) is 0 Å².